The lowest BCUT2D eigenvalue weighted by atomic mass is 9.84. The summed E-state index contributed by atoms with van der Waals surface area (Å²) in [5.74, 6) is 1.09. The number of piperazine rings is 1. The van der Waals surface area contributed by atoms with Gasteiger partial charge in [0.25, 0.3) is 0 Å². The van der Waals surface area contributed by atoms with Crippen molar-refractivity contribution >= 4 is 0 Å². The summed E-state index contributed by atoms with van der Waals surface area (Å²) in [6.45, 7) is 13.3. The number of nitrogens with one attached hydrogen (secondary N) is 1. The molecule has 19 heavy (non-hydrogen) atoms. The lowest BCUT2D eigenvalue weighted by Gasteiger charge is -2.46. The van der Waals surface area contributed by atoms with E-state index in [9.17, 15) is 0 Å². The predicted molar refractivity (Wildman–Crippen MR) is 81.3 cm³/mol. The summed E-state index contributed by atoms with van der Waals surface area (Å²) < 4.78 is 0. The molecular formula is C17H32N2. The molecule has 2 heteroatoms. The molecule has 2 atom stereocenters. The van der Waals surface area contributed by atoms with Gasteiger partial charge >= 0.3 is 0 Å². The minimum absolute atomic E-state index is 0.382. The van der Waals surface area contributed by atoms with Crippen LogP contribution in [0.3, 0.4) is 0 Å². The van der Waals surface area contributed by atoms with Gasteiger partial charge in [0, 0.05) is 31.7 Å². The van der Waals surface area contributed by atoms with E-state index in [4.69, 9.17) is 0 Å². The Morgan fingerprint density at radius 3 is 2.37 bits per heavy atom. The fraction of sp³-hybridized carbons (Fsp3) is 1.00. The van der Waals surface area contributed by atoms with Crippen LogP contribution in [-0.4, -0.2) is 36.6 Å². The third-order valence-electron chi connectivity index (χ3n) is 5.90. The molecule has 2 saturated carbocycles. The molecule has 2 aliphatic carbocycles. The van der Waals surface area contributed by atoms with Gasteiger partial charge < -0.3 is 5.32 Å². The fourth-order valence-electron chi connectivity index (χ4n) is 3.99. The SMILES string of the molecule is CCC1CNC(C(C)(C)C)CN1CC1(C2CC2)CC1. The minimum atomic E-state index is 0.382. The van der Waals surface area contributed by atoms with Crippen LogP contribution in [0.4, 0.5) is 0 Å². The number of hydrogen-bond acceptors (Lipinski definition) is 2. The van der Waals surface area contributed by atoms with Crippen molar-refractivity contribution in [2.75, 3.05) is 19.6 Å². The summed E-state index contributed by atoms with van der Waals surface area (Å²) in [5, 5.41) is 3.80. The molecule has 1 N–H and O–H groups in total. The maximum absolute atomic E-state index is 3.80. The Morgan fingerprint density at radius 2 is 1.89 bits per heavy atom. The second kappa shape index (κ2) is 4.73. The summed E-state index contributed by atoms with van der Waals surface area (Å²) in [7, 11) is 0. The van der Waals surface area contributed by atoms with Crippen LogP contribution in [0, 0.1) is 16.7 Å². The third kappa shape index (κ3) is 2.85. The molecule has 1 saturated heterocycles. The van der Waals surface area contributed by atoms with E-state index in [1.54, 1.807) is 0 Å². The van der Waals surface area contributed by atoms with Crippen LogP contribution < -0.4 is 5.32 Å². The van der Waals surface area contributed by atoms with Crippen LogP contribution in [0.2, 0.25) is 0 Å². The molecule has 1 aliphatic heterocycles. The van der Waals surface area contributed by atoms with Gasteiger partial charge in [-0.15, -0.1) is 0 Å². The smallest absolute Gasteiger partial charge is 0.0244 e. The Morgan fingerprint density at radius 1 is 1.21 bits per heavy atom. The van der Waals surface area contributed by atoms with Crippen LogP contribution in [0.1, 0.15) is 59.8 Å². The van der Waals surface area contributed by atoms with Gasteiger partial charge in [0.1, 0.15) is 0 Å². The van der Waals surface area contributed by atoms with E-state index in [1.165, 1.54) is 51.7 Å². The first-order chi connectivity index (χ1) is 8.94. The van der Waals surface area contributed by atoms with Crippen molar-refractivity contribution in [1.29, 1.82) is 0 Å². The van der Waals surface area contributed by atoms with Crippen molar-refractivity contribution in [2.24, 2.45) is 16.7 Å². The highest BCUT2D eigenvalue weighted by molar-refractivity contribution is 5.07. The van der Waals surface area contributed by atoms with Gasteiger partial charge in [0.05, 0.1) is 0 Å². The van der Waals surface area contributed by atoms with Crippen LogP contribution in [-0.2, 0) is 0 Å². The summed E-state index contributed by atoms with van der Waals surface area (Å²) in [6.07, 6.45) is 7.36. The van der Waals surface area contributed by atoms with Gasteiger partial charge in [-0.05, 0) is 48.9 Å². The number of nitrogens with zero attached hydrogens (tertiary/aromatic N) is 1. The van der Waals surface area contributed by atoms with E-state index >= 15 is 0 Å². The topological polar surface area (TPSA) is 15.3 Å². The molecule has 0 radical (unpaired) electrons. The van der Waals surface area contributed by atoms with Crippen molar-refractivity contribution in [1.82, 2.24) is 10.2 Å². The molecule has 3 rings (SSSR count). The van der Waals surface area contributed by atoms with Crippen molar-refractivity contribution < 1.29 is 0 Å². The summed E-state index contributed by atoms with van der Waals surface area (Å²) >= 11 is 0. The normalized spacial score (nSPS) is 35.4. The average Bonchev–Trinajstić information content (AvgIpc) is 3.21. The first-order valence-electron chi connectivity index (χ1n) is 8.42. The Balaban J connectivity index is 1.65. The molecule has 0 aromatic carbocycles. The van der Waals surface area contributed by atoms with E-state index < -0.39 is 0 Å². The van der Waals surface area contributed by atoms with Gasteiger partial charge in [-0.2, -0.15) is 0 Å². The molecule has 0 aromatic rings. The van der Waals surface area contributed by atoms with E-state index in [1.807, 2.05) is 0 Å². The third-order valence-corrected chi connectivity index (χ3v) is 5.90. The van der Waals surface area contributed by atoms with Crippen LogP contribution in [0.5, 0.6) is 0 Å². The maximum atomic E-state index is 3.80. The average molecular weight is 264 g/mol. The Labute approximate surface area is 119 Å². The van der Waals surface area contributed by atoms with Gasteiger partial charge in [0.2, 0.25) is 0 Å². The monoisotopic (exact) mass is 264 g/mol. The molecule has 0 aromatic heterocycles. The molecule has 3 fully saturated rings. The highest BCUT2D eigenvalue weighted by Crippen LogP contribution is 2.61. The van der Waals surface area contributed by atoms with E-state index in [-0.39, 0.29) is 0 Å². The van der Waals surface area contributed by atoms with Crippen LogP contribution >= 0.6 is 0 Å². The quantitative estimate of drug-likeness (QED) is 0.838. The Kier molecular flexibility index (Phi) is 3.46. The summed E-state index contributed by atoms with van der Waals surface area (Å²) in [4.78, 5) is 2.84. The van der Waals surface area contributed by atoms with Crippen LogP contribution in [0.15, 0.2) is 0 Å². The molecule has 3 aliphatic rings. The zero-order valence-corrected chi connectivity index (χ0v) is 13.3. The van der Waals surface area contributed by atoms with Crippen molar-refractivity contribution in [3.63, 3.8) is 0 Å². The van der Waals surface area contributed by atoms with Gasteiger partial charge in [0.15, 0.2) is 0 Å². The summed E-state index contributed by atoms with van der Waals surface area (Å²) in [5.41, 5.74) is 1.14. The van der Waals surface area contributed by atoms with E-state index in [0.29, 0.717) is 11.5 Å². The second-order valence-corrected chi connectivity index (χ2v) is 8.46. The van der Waals surface area contributed by atoms with Crippen molar-refractivity contribution in [3.05, 3.63) is 0 Å². The van der Waals surface area contributed by atoms with Gasteiger partial charge in [-0.3, -0.25) is 4.90 Å². The highest BCUT2D eigenvalue weighted by atomic mass is 15.2. The highest BCUT2D eigenvalue weighted by Gasteiger charge is 2.55. The molecule has 2 unspecified atom stereocenters. The van der Waals surface area contributed by atoms with Gasteiger partial charge in [-0.25, -0.2) is 0 Å². The molecule has 0 amide bonds. The molecule has 2 nitrogen and oxygen atoms in total. The van der Waals surface area contributed by atoms with Gasteiger partial charge in [-0.1, -0.05) is 27.7 Å². The summed E-state index contributed by atoms with van der Waals surface area (Å²) in [6, 6.07) is 1.43. The minimum Gasteiger partial charge on any atom is -0.311 e. The maximum Gasteiger partial charge on any atom is 0.0244 e. The number of rotatable bonds is 4. The molecular weight excluding hydrogens is 232 g/mol. The second-order valence-electron chi connectivity index (χ2n) is 8.46. The van der Waals surface area contributed by atoms with Crippen molar-refractivity contribution in [3.8, 4) is 0 Å². The lowest BCUT2D eigenvalue weighted by Crippen LogP contribution is -2.61. The Hall–Kier alpha value is -0.0800. The van der Waals surface area contributed by atoms with E-state index in [2.05, 4.69) is 37.9 Å². The standard InChI is InChI=1S/C17H32N2/c1-5-14-10-18-15(16(2,3)4)11-19(14)12-17(8-9-17)13-6-7-13/h13-15,18H,5-12H2,1-4H3. The first-order valence-corrected chi connectivity index (χ1v) is 8.42. The van der Waals surface area contributed by atoms with E-state index in [0.717, 1.165) is 17.4 Å². The first kappa shape index (κ1) is 13.9. The number of hydrogen-bond donors (Lipinski definition) is 1. The largest absolute Gasteiger partial charge is 0.311 e. The Bertz CT molecular complexity index is 323. The van der Waals surface area contributed by atoms with Crippen molar-refractivity contribution in [2.45, 2.75) is 71.9 Å². The predicted octanol–water partition coefficient (Wildman–Crippen LogP) is 3.28. The molecule has 1 heterocycles. The lowest BCUT2D eigenvalue weighted by molar-refractivity contribution is 0.0618. The fourth-order valence-corrected chi connectivity index (χ4v) is 3.99. The molecule has 110 valence electrons. The molecule has 0 spiro atoms. The van der Waals surface area contributed by atoms with Crippen LogP contribution in [0.25, 0.3) is 0 Å². The zero-order chi connectivity index (χ0) is 13.7. The molecule has 0 bridgehead atoms. The zero-order valence-electron chi connectivity index (χ0n) is 13.3.